The quantitative estimate of drug-likeness (QED) is 0.381. The Hall–Kier alpha value is -2.72. The molecule has 0 atom stereocenters. The molecular formula is C28H35FN2O. The molecule has 0 aliphatic carbocycles. The number of aromatic nitrogens is 1. The molecule has 0 fully saturated rings. The summed E-state index contributed by atoms with van der Waals surface area (Å²) < 4.78 is 19.9. The number of hydrogen-bond acceptors (Lipinski definition) is 3. The Bertz CT molecular complexity index is 1060. The monoisotopic (exact) mass is 434 g/mol. The zero-order valence-electron chi connectivity index (χ0n) is 20.4. The van der Waals surface area contributed by atoms with Crippen LogP contribution in [0.15, 0.2) is 36.5 Å². The van der Waals surface area contributed by atoms with E-state index < -0.39 is 0 Å². The van der Waals surface area contributed by atoms with Crippen molar-refractivity contribution in [3.05, 3.63) is 70.2 Å². The maximum absolute atomic E-state index is 14.8. The Kier molecular flexibility index (Phi) is 7.68. The van der Waals surface area contributed by atoms with Crippen molar-refractivity contribution in [1.82, 2.24) is 4.98 Å². The maximum atomic E-state index is 14.8. The van der Waals surface area contributed by atoms with Crippen molar-refractivity contribution in [2.75, 3.05) is 19.0 Å². The molecule has 1 heterocycles. The highest BCUT2D eigenvalue weighted by Crippen LogP contribution is 2.39. The minimum absolute atomic E-state index is 0.144. The van der Waals surface area contributed by atoms with Gasteiger partial charge in [-0.25, -0.2) is 9.37 Å². The lowest BCUT2D eigenvalue weighted by Gasteiger charge is -2.21. The van der Waals surface area contributed by atoms with Crippen molar-refractivity contribution in [1.29, 1.82) is 0 Å². The Morgan fingerprint density at radius 3 is 2.00 bits per heavy atom. The first kappa shape index (κ1) is 23.9. The molecule has 3 rings (SSSR count). The van der Waals surface area contributed by atoms with Gasteiger partial charge in [0.15, 0.2) is 0 Å². The van der Waals surface area contributed by atoms with Gasteiger partial charge in [-0.2, -0.15) is 0 Å². The van der Waals surface area contributed by atoms with E-state index in [-0.39, 0.29) is 5.82 Å². The topological polar surface area (TPSA) is 34.1 Å². The summed E-state index contributed by atoms with van der Waals surface area (Å²) in [6, 6.07) is 10.1. The fourth-order valence-electron chi connectivity index (χ4n) is 4.41. The summed E-state index contributed by atoms with van der Waals surface area (Å²) in [6.07, 6.45) is 3.44. The van der Waals surface area contributed by atoms with Gasteiger partial charge in [-0.05, 0) is 117 Å². The van der Waals surface area contributed by atoms with Crippen LogP contribution >= 0.6 is 0 Å². The van der Waals surface area contributed by atoms with Gasteiger partial charge in [0.1, 0.15) is 11.6 Å². The molecule has 32 heavy (non-hydrogen) atoms. The number of anilines is 1. The van der Waals surface area contributed by atoms with Gasteiger partial charge < -0.3 is 10.1 Å². The summed E-state index contributed by atoms with van der Waals surface area (Å²) in [5, 5.41) is 3.34. The first-order chi connectivity index (χ1) is 15.2. The number of pyridine rings is 1. The first-order valence-corrected chi connectivity index (χ1v) is 11.4. The van der Waals surface area contributed by atoms with E-state index in [1.807, 2.05) is 24.4 Å². The van der Waals surface area contributed by atoms with E-state index in [2.05, 4.69) is 57.9 Å². The minimum Gasteiger partial charge on any atom is -0.385 e. The zero-order chi connectivity index (χ0) is 23.4. The third kappa shape index (κ3) is 5.02. The smallest absolute Gasteiger partial charge is 0.127 e. The minimum atomic E-state index is -0.144. The number of nitrogens with one attached hydrogen (secondary N) is 1. The standard InChI is InChI=1S/C28H35FN2O/c1-17(2)31-26-13-12-24(16-30-26)28-20(5)18(3)27(19(4)21(28)6)23-11-10-22(25(29)15-23)9-8-14-32-7/h10-13,15-17H,8-9,14H2,1-7H3,(H,30,31). The van der Waals surface area contributed by atoms with Gasteiger partial charge in [-0.15, -0.1) is 0 Å². The number of hydrogen-bond donors (Lipinski definition) is 1. The Labute approximate surface area is 192 Å². The summed E-state index contributed by atoms with van der Waals surface area (Å²) in [5.74, 6) is 0.736. The highest BCUT2D eigenvalue weighted by molar-refractivity contribution is 5.82. The zero-order valence-corrected chi connectivity index (χ0v) is 20.4. The van der Waals surface area contributed by atoms with Gasteiger partial charge in [0, 0.05) is 31.5 Å². The number of nitrogens with zero attached hydrogens (tertiary/aromatic N) is 1. The molecule has 0 aliphatic rings. The van der Waals surface area contributed by atoms with Crippen molar-refractivity contribution in [3.63, 3.8) is 0 Å². The molecule has 1 N–H and O–H groups in total. The van der Waals surface area contributed by atoms with E-state index in [9.17, 15) is 4.39 Å². The fourth-order valence-corrected chi connectivity index (χ4v) is 4.41. The van der Waals surface area contributed by atoms with Gasteiger partial charge >= 0.3 is 0 Å². The van der Waals surface area contributed by atoms with Crippen molar-refractivity contribution in [2.24, 2.45) is 0 Å². The van der Waals surface area contributed by atoms with Crippen molar-refractivity contribution in [2.45, 2.75) is 60.4 Å². The van der Waals surface area contributed by atoms with Crippen LogP contribution in [0.4, 0.5) is 10.2 Å². The van der Waals surface area contributed by atoms with Crippen molar-refractivity contribution in [3.8, 4) is 22.3 Å². The van der Waals surface area contributed by atoms with Crippen LogP contribution in [0.1, 0.15) is 48.1 Å². The number of ether oxygens (including phenoxy) is 1. The van der Waals surface area contributed by atoms with Gasteiger partial charge in [0.2, 0.25) is 0 Å². The molecule has 3 nitrogen and oxygen atoms in total. The van der Waals surface area contributed by atoms with Gasteiger partial charge in [-0.3, -0.25) is 0 Å². The molecule has 1 aromatic heterocycles. The Morgan fingerprint density at radius 2 is 1.50 bits per heavy atom. The summed E-state index contributed by atoms with van der Waals surface area (Å²) in [5.41, 5.74) is 9.89. The molecule has 0 unspecified atom stereocenters. The van der Waals surface area contributed by atoms with E-state index in [1.165, 1.54) is 27.8 Å². The van der Waals surface area contributed by atoms with Crippen LogP contribution in [0.3, 0.4) is 0 Å². The highest BCUT2D eigenvalue weighted by Gasteiger charge is 2.18. The second-order valence-corrected chi connectivity index (χ2v) is 8.88. The van der Waals surface area contributed by atoms with Crippen LogP contribution in [0.2, 0.25) is 0 Å². The molecule has 0 spiro atoms. The molecule has 3 aromatic rings. The number of rotatable bonds is 8. The van der Waals surface area contributed by atoms with Crippen LogP contribution in [0.25, 0.3) is 22.3 Å². The Balaban J connectivity index is 2.01. The summed E-state index contributed by atoms with van der Waals surface area (Å²) in [4.78, 5) is 4.60. The Morgan fingerprint density at radius 1 is 0.906 bits per heavy atom. The van der Waals surface area contributed by atoms with E-state index in [0.717, 1.165) is 34.5 Å². The lowest BCUT2D eigenvalue weighted by atomic mass is 9.83. The van der Waals surface area contributed by atoms with Crippen LogP contribution in [0.5, 0.6) is 0 Å². The third-order valence-corrected chi connectivity index (χ3v) is 6.25. The predicted molar refractivity (Wildman–Crippen MR) is 133 cm³/mol. The molecule has 0 saturated carbocycles. The average molecular weight is 435 g/mol. The summed E-state index contributed by atoms with van der Waals surface area (Å²) >= 11 is 0. The van der Waals surface area contributed by atoms with E-state index in [0.29, 0.717) is 19.1 Å². The van der Waals surface area contributed by atoms with Crippen molar-refractivity contribution < 1.29 is 9.13 Å². The van der Waals surface area contributed by atoms with Gasteiger partial charge in [0.05, 0.1) is 0 Å². The molecule has 0 aliphatic heterocycles. The highest BCUT2D eigenvalue weighted by atomic mass is 19.1. The molecule has 2 aromatic carbocycles. The summed E-state index contributed by atoms with van der Waals surface area (Å²) in [6.45, 7) is 13.4. The van der Waals surface area contributed by atoms with Gasteiger partial charge in [-0.1, -0.05) is 12.1 Å². The molecule has 0 radical (unpaired) electrons. The molecule has 0 bridgehead atoms. The molecule has 4 heteroatoms. The van der Waals surface area contributed by atoms with E-state index in [4.69, 9.17) is 4.74 Å². The number of methoxy groups -OCH3 is 1. The summed E-state index contributed by atoms with van der Waals surface area (Å²) in [7, 11) is 1.67. The van der Waals surface area contributed by atoms with Crippen LogP contribution < -0.4 is 5.32 Å². The number of benzene rings is 2. The maximum Gasteiger partial charge on any atom is 0.127 e. The van der Waals surface area contributed by atoms with Crippen LogP contribution in [-0.4, -0.2) is 24.7 Å². The molecule has 0 saturated heterocycles. The third-order valence-electron chi connectivity index (χ3n) is 6.25. The SMILES string of the molecule is COCCCc1ccc(-c2c(C)c(C)c(-c3ccc(NC(C)C)nc3)c(C)c2C)cc1F. The van der Waals surface area contributed by atoms with E-state index in [1.54, 1.807) is 13.2 Å². The molecule has 0 amide bonds. The number of aryl methyl sites for hydroxylation is 1. The van der Waals surface area contributed by atoms with E-state index >= 15 is 0 Å². The first-order valence-electron chi connectivity index (χ1n) is 11.4. The molecular weight excluding hydrogens is 399 g/mol. The largest absolute Gasteiger partial charge is 0.385 e. The number of halogens is 1. The lowest BCUT2D eigenvalue weighted by Crippen LogP contribution is -2.10. The van der Waals surface area contributed by atoms with Crippen LogP contribution in [0, 0.1) is 33.5 Å². The average Bonchev–Trinajstić information content (AvgIpc) is 2.75. The normalized spacial score (nSPS) is 11.3. The van der Waals surface area contributed by atoms with Crippen molar-refractivity contribution >= 4 is 5.82 Å². The second kappa shape index (κ2) is 10.3. The fraction of sp³-hybridized carbons (Fsp3) is 0.393. The predicted octanol–water partition coefficient (Wildman–Crippen LogP) is 7.19. The van der Waals surface area contributed by atoms with Crippen LogP contribution in [-0.2, 0) is 11.2 Å². The second-order valence-electron chi connectivity index (χ2n) is 8.88. The van der Waals surface area contributed by atoms with Gasteiger partial charge in [0.25, 0.3) is 0 Å². The lowest BCUT2D eigenvalue weighted by molar-refractivity contribution is 0.195. The molecule has 170 valence electrons.